The maximum absolute atomic E-state index is 12.3. The lowest BCUT2D eigenvalue weighted by atomic mass is 9.86. The predicted molar refractivity (Wildman–Crippen MR) is 131 cm³/mol. The van der Waals surface area contributed by atoms with Crippen LogP contribution in [0.25, 0.3) is 11.5 Å². The third kappa shape index (κ3) is 5.06. The van der Waals surface area contributed by atoms with Gasteiger partial charge in [0.2, 0.25) is 5.89 Å². The van der Waals surface area contributed by atoms with Gasteiger partial charge in [-0.05, 0) is 55.3 Å². The van der Waals surface area contributed by atoms with Crippen molar-refractivity contribution in [2.75, 3.05) is 6.61 Å². The fourth-order valence-corrected chi connectivity index (χ4v) is 4.31. The van der Waals surface area contributed by atoms with Crippen LogP contribution in [0.2, 0.25) is 0 Å². The van der Waals surface area contributed by atoms with Crippen LogP contribution < -0.4 is 4.74 Å². The zero-order valence-electron chi connectivity index (χ0n) is 19.6. The number of carbonyl (C=O) groups is 1. The summed E-state index contributed by atoms with van der Waals surface area (Å²) >= 11 is 0. The number of ether oxygens (including phenoxy) is 1. The molecule has 34 heavy (non-hydrogen) atoms. The highest BCUT2D eigenvalue weighted by Crippen LogP contribution is 2.29. The Hall–Kier alpha value is -3.80. The Morgan fingerprint density at radius 2 is 1.76 bits per heavy atom. The summed E-state index contributed by atoms with van der Waals surface area (Å²) in [7, 11) is 0. The van der Waals surface area contributed by atoms with Crippen LogP contribution in [0.5, 0.6) is 5.75 Å². The van der Waals surface area contributed by atoms with Crippen LogP contribution in [0.4, 0.5) is 0 Å². The second kappa shape index (κ2) is 10.4. The standard InChI is InChI=1S/C28H30N2O4/c1-3-16-28(27(31)32,30-17-7-8-18-30)20-22-11-13-24(14-12-22)33-19-15-25-21(2)34-26(29-25)23-9-5-4-6-10-23/h4-14,17-18H,3,15-16,19-20H2,1-2H3,(H,31,32)/t28-/m1/s1. The van der Waals surface area contributed by atoms with Crippen molar-refractivity contribution in [3.05, 3.63) is 96.1 Å². The summed E-state index contributed by atoms with van der Waals surface area (Å²) < 4.78 is 13.6. The van der Waals surface area contributed by atoms with E-state index in [1.165, 1.54) is 0 Å². The fourth-order valence-electron chi connectivity index (χ4n) is 4.31. The van der Waals surface area contributed by atoms with Crippen LogP contribution >= 0.6 is 0 Å². The summed E-state index contributed by atoms with van der Waals surface area (Å²) in [5.74, 6) is 1.34. The van der Waals surface area contributed by atoms with Gasteiger partial charge in [0.15, 0.2) is 0 Å². The number of hydrogen-bond donors (Lipinski definition) is 1. The van der Waals surface area contributed by atoms with Crippen molar-refractivity contribution in [1.29, 1.82) is 0 Å². The molecule has 0 spiro atoms. The number of aryl methyl sites for hydroxylation is 1. The lowest BCUT2D eigenvalue weighted by Crippen LogP contribution is -2.43. The monoisotopic (exact) mass is 458 g/mol. The van der Waals surface area contributed by atoms with Crippen molar-refractivity contribution in [3.8, 4) is 17.2 Å². The highest BCUT2D eigenvalue weighted by molar-refractivity contribution is 5.77. The van der Waals surface area contributed by atoms with Crippen LogP contribution in [0.15, 0.2) is 83.5 Å². The second-order valence-electron chi connectivity index (χ2n) is 8.48. The molecule has 1 N–H and O–H groups in total. The van der Waals surface area contributed by atoms with Gasteiger partial charge in [0.1, 0.15) is 17.0 Å². The lowest BCUT2D eigenvalue weighted by molar-refractivity contribution is -0.148. The maximum Gasteiger partial charge on any atom is 0.330 e. The molecule has 2 aromatic heterocycles. The zero-order chi connectivity index (χ0) is 24.0. The number of hydrogen-bond acceptors (Lipinski definition) is 4. The molecule has 0 saturated heterocycles. The van der Waals surface area contributed by atoms with Crippen molar-refractivity contribution in [2.45, 2.75) is 45.1 Å². The predicted octanol–water partition coefficient (Wildman–Crippen LogP) is 5.90. The minimum Gasteiger partial charge on any atom is -0.493 e. The summed E-state index contributed by atoms with van der Waals surface area (Å²) in [5.41, 5.74) is 1.79. The van der Waals surface area contributed by atoms with Crippen LogP contribution in [0, 0.1) is 6.92 Å². The Bertz CT molecular complexity index is 1200. The Kier molecular flexibility index (Phi) is 7.16. The number of aliphatic carboxylic acids is 1. The summed E-state index contributed by atoms with van der Waals surface area (Å²) in [5, 5.41) is 10.1. The molecule has 2 heterocycles. The number of nitrogens with zero attached hydrogens (tertiary/aromatic N) is 2. The van der Waals surface area contributed by atoms with E-state index >= 15 is 0 Å². The average molecular weight is 459 g/mol. The number of rotatable bonds is 11. The van der Waals surface area contributed by atoms with E-state index in [4.69, 9.17) is 9.15 Å². The number of benzene rings is 2. The van der Waals surface area contributed by atoms with Gasteiger partial charge >= 0.3 is 5.97 Å². The van der Waals surface area contributed by atoms with Gasteiger partial charge in [-0.3, -0.25) is 0 Å². The molecule has 0 aliphatic heterocycles. The first-order chi connectivity index (χ1) is 16.5. The number of oxazole rings is 1. The van der Waals surface area contributed by atoms with Crippen LogP contribution in [0.3, 0.4) is 0 Å². The van der Waals surface area contributed by atoms with Crippen molar-refractivity contribution < 1.29 is 19.1 Å². The van der Waals surface area contributed by atoms with Crippen molar-refractivity contribution in [3.63, 3.8) is 0 Å². The largest absolute Gasteiger partial charge is 0.493 e. The van der Waals surface area contributed by atoms with Gasteiger partial charge in [0, 0.05) is 30.8 Å². The molecule has 0 saturated carbocycles. The summed E-state index contributed by atoms with van der Waals surface area (Å²) in [4.78, 5) is 16.9. The van der Waals surface area contributed by atoms with E-state index in [0.717, 1.165) is 34.8 Å². The molecule has 176 valence electrons. The molecule has 0 aliphatic rings. The van der Waals surface area contributed by atoms with E-state index in [1.807, 2.05) is 97.5 Å². The van der Waals surface area contributed by atoms with Crippen LogP contribution in [-0.4, -0.2) is 27.2 Å². The Morgan fingerprint density at radius 3 is 2.41 bits per heavy atom. The average Bonchev–Trinajstić information content (AvgIpc) is 3.51. The Morgan fingerprint density at radius 1 is 1.06 bits per heavy atom. The second-order valence-corrected chi connectivity index (χ2v) is 8.48. The van der Waals surface area contributed by atoms with Crippen LogP contribution in [0.1, 0.15) is 36.8 Å². The minimum absolute atomic E-state index is 0.408. The molecule has 0 bridgehead atoms. The highest BCUT2D eigenvalue weighted by atomic mass is 16.5. The number of carboxylic acids is 1. The molecule has 0 unspecified atom stereocenters. The molecular weight excluding hydrogens is 428 g/mol. The minimum atomic E-state index is -0.998. The molecule has 0 aliphatic carbocycles. The highest BCUT2D eigenvalue weighted by Gasteiger charge is 2.39. The molecule has 4 rings (SSSR count). The van der Waals surface area contributed by atoms with Gasteiger partial charge in [0.05, 0.1) is 12.3 Å². The van der Waals surface area contributed by atoms with Crippen LogP contribution in [-0.2, 0) is 23.2 Å². The van der Waals surface area contributed by atoms with E-state index in [9.17, 15) is 9.90 Å². The van der Waals surface area contributed by atoms with Gasteiger partial charge in [-0.1, -0.05) is 43.7 Å². The van der Waals surface area contributed by atoms with E-state index in [0.29, 0.717) is 31.8 Å². The Labute approximate surface area is 199 Å². The van der Waals surface area contributed by atoms with Crippen molar-refractivity contribution in [1.82, 2.24) is 9.55 Å². The molecule has 0 radical (unpaired) electrons. The molecule has 0 amide bonds. The first kappa shape index (κ1) is 23.4. The van der Waals surface area contributed by atoms with E-state index in [1.54, 1.807) is 0 Å². The van der Waals surface area contributed by atoms with Gasteiger partial charge < -0.3 is 18.8 Å². The molecule has 0 fully saturated rings. The van der Waals surface area contributed by atoms with Gasteiger partial charge in [-0.25, -0.2) is 9.78 Å². The van der Waals surface area contributed by atoms with E-state index in [2.05, 4.69) is 4.98 Å². The molecule has 6 nitrogen and oxygen atoms in total. The molecule has 2 aromatic carbocycles. The maximum atomic E-state index is 12.3. The van der Waals surface area contributed by atoms with Gasteiger partial charge in [-0.15, -0.1) is 0 Å². The van der Waals surface area contributed by atoms with E-state index < -0.39 is 11.5 Å². The zero-order valence-corrected chi connectivity index (χ0v) is 19.6. The van der Waals surface area contributed by atoms with Crippen molar-refractivity contribution in [2.24, 2.45) is 0 Å². The third-order valence-corrected chi connectivity index (χ3v) is 6.10. The summed E-state index contributed by atoms with van der Waals surface area (Å²) in [6, 6.07) is 21.3. The van der Waals surface area contributed by atoms with Gasteiger partial charge in [-0.2, -0.15) is 0 Å². The third-order valence-electron chi connectivity index (χ3n) is 6.10. The first-order valence-corrected chi connectivity index (χ1v) is 11.6. The summed E-state index contributed by atoms with van der Waals surface area (Å²) in [6.45, 7) is 4.40. The Balaban J connectivity index is 1.39. The fraction of sp³-hybridized carbons (Fsp3) is 0.286. The topological polar surface area (TPSA) is 77.5 Å². The lowest BCUT2D eigenvalue weighted by Gasteiger charge is -2.31. The smallest absolute Gasteiger partial charge is 0.330 e. The number of aromatic nitrogens is 2. The number of carboxylic acid groups (broad SMARTS) is 1. The van der Waals surface area contributed by atoms with E-state index in [-0.39, 0.29) is 0 Å². The van der Waals surface area contributed by atoms with Crippen molar-refractivity contribution >= 4 is 5.97 Å². The molecule has 6 heteroatoms. The first-order valence-electron chi connectivity index (χ1n) is 11.6. The molecule has 4 aromatic rings. The molecular formula is C28H30N2O4. The van der Waals surface area contributed by atoms with Gasteiger partial charge in [0.25, 0.3) is 0 Å². The normalized spacial score (nSPS) is 12.9. The SMILES string of the molecule is CCC[C@@](Cc1ccc(OCCc2nc(-c3ccccc3)oc2C)cc1)(C(=O)O)n1cccc1. The summed E-state index contributed by atoms with van der Waals surface area (Å²) in [6.07, 6.45) is 6.03. The quantitative estimate of drug-likeness (QED) is 0.303. The molecule has 1 atom stereocenters.